The first-order valence-corrected chi connectivity index (χ1v) is 7.46. The van der Waals surface area contributed by atoms with Crippen molar-refractivity contribution in [3.63, 3.8) is 0 Å². The lowest BCUT2D eigenvalue weighted by Gasteiger charge is -2.06. The van der Waals surface area contributed by atoms with E-state index in [-0.39, 0.29) is 10.6 Å². The smallest absolute Gasteiger partial charge is 0.277 e. The number of aromatic nitrogens is 1. The molecular formula is C11H9ClN2O4S. The van der Waals surface area contributed by atoms with Gasteiger partial charge in [0.2, 0.25) is 0 Å². The number of amides is 1. The summed E-state index contributed by atoms with van der Waals surface area (Å²) in [4.78, 5) is 11.7. The third-order valence-corrected chi connectivity index (χ3v) is 3.85. The van der Waals surface area contributed by atoms with E-state index in [0.717, 1.165) is 0 Å². The van der Waals surface area contributed by atoms with Crippen molar-refractivity contribution >= 4 is 31.3 Å². The Bertz CT molecular complexity index is 710. The minimum absolute atomic E-state index is 0.00796. The Hall–Kier alpha value is -1.86. The highest BCUT2D eigenvalue weighted by Crippen LogP contribution is 2.22. The number of carbonyl (C=O) groups excluding carboxylic acids is 1. The first-order chi connectivity index (χ1) is 8.88. The Kier molecular flexibility index (Phi) is 3.59. The molecule has 1 N–H and O–H groups in total. The van der Waals surface area contributed by atoms with Crippen molar-refractivity contribution in [2.75, 3.05) is 5.32 Å². The number of hydrogen-bond donors (Lipinski definition) is 1. The second kappa shape index (κ2) is 5.02. The fourth-order valence-corrected chi connectivity index (χ4v) is 2.72. The molecule has 0 radical (unpaired) electrons. The van der Waals surface area contributed by atoms with Crippen LogP contribution in [0.4, 0.5) is 5.69 Å². The Labute approximate surface area is 113 Å². The van der Waals surface area contributed by atoms with Gasteiger partial charge in [-0.3, -0.25) is 4.79 Å². The molecule has 19 heavy (non-hydrogen) atoms. The monoisotopic (exact) mass is 300 g/mol. The molecule has 100 valence electrons. The summed E-state index contributed by atoms with van der Waals surface area (Å²) in [5.74, 6) is -0.449. The zero-order chi connectivity index (χ0) is 14.0. The molecule has 0 unspecified atom stereocenters. The van der Waals surface area contributed by atoms with Gasteiger partial charge in [-0.05, 0) is 30.7 Å². The van der Waals surface area contributed by atoms with Crippen LogP contribution >= 0.6 is 10.7 Å². The van der Waals surface area contributed by atoms with Gasteiger partial charge < -0.3 is 9.84 Å². The van der Waals surface area contributed by atoms with Crippen LogP contribution < -0.4 is 5.32 Å². The largest absolute Gasteiger partial charge is 0.364 e. The van der Waals surface area contributed by atoms with Crippen molar-refractivity contribution < 1.29 is 17.7 Å². The number of halogens is 1. The average Bonchev–Trinajstić information content (AvgIpc) is 2.80. The van der Waals surface area contributed by atoms with Gasteiger partial charge in [-0.25, -0.2) is 8.42 Å². The lowest BCUT2D eigenvalue weighted by atomic mass is 10.2. The molecule has 0 spiro atoms. The number of nitrogens with one attached hydrogen (secondary N) is 1. The lowest BCUT2D eigenvalue weighted by Crippen LogP contribution is -2.12. The third-order valence-electron chi connectivity index (χ3n) is 2.37. The lowest BCUT2D eigenvalue weighted by molar-refractivity contribution is 0.101. The number of aryl methyl sites for hydroxylation is 1. The molecule has 2 aromatic rings. The fourth-order valence-electron chi connectivity index (χ4n) is 1.53. The summed E-state index contributed by atoms with van der Waals surface area (Å²) in [6.07, 6.45) is 1.28. The van der Waals surface area contributed by atoms with E-state index in [0.29, 0.717) is 11.3 Å². The van der Waals surface area contributed by atoms with Crippen LogP contribution in [0.1, 0.15) is 16.1 Å². The Morgan fingerprint density at radius 1 is 1.37 bits per heavy atom. The van der Waals surface area contributed by atoms with E-state index in [1.165, 1.54) is 30.5 Å². The van der Waals surface area contributed by atoms with E-state index >= 15 is 0 Å². The quantitative estimate of drug-likeness (QED) is 0.877. The summed E-state index contributed by atoms with van der Waals surface area (Å²) >= 11 is 0. The summed E-state index contributed by atoms with van der Waals surface area (Å²) in [5.41, 5.74) is 1.01. The highest BCUT2D eigenvalue weighted by molar-refractivity contribution is 8.13. The van der Waals surface area contributed by atoms with Crippen molar-refractivity contribution in [2.45, 2.75) is 11.8 Å². The van der Waals surface area contributed by atoms with E-state index in [4.69, 9.17) is 10.7 Å². The predicted octanol–water partition coefficient (Wildman–Crippen LogP) is 2.16. The molecule has 1 amide bonds. The first kappa shape index (κ1) is 13.6. The van der Waals surface area contributed by atoms with Crippen LogP contribution in [-0.4, -0.2) is 19.5 Å². The van der Waals surface area contributed by atoms with Gasteiger partial charge in [0.15, 0.2) is 5.69 Å². The number of nitrogens with zero attached hydrogens (tertiary/aromatic N) is 1. The molecular weight excluding hydrogens is 292 g/mol. The zero-order valence-corrected chi connectivity index (χ0v) is 11.3. The SMILES string of the molecule is Cc1cc(NC(=O)c2ccon2)ccc1S(=O)(=O)Cl. The molecule has 0 saturated carbocycles. The van der Waals surface area contributed by atoms with Crippen molar-refractivity contribution in [1.82, 2.24) is 5.16 Å². The average molecular weight is 301 g/mol. The van der Waals surface area contributed by atoms with Gasteiger partial charge in [0.25, 0.3) is 15.0 Å². The molecule has 0 aliphatic carbocycles. The first-order valence-electron chi connectivity index (χ1n) is 5.15. The Balaban J connectivity index is 2.24. The molecule has 0 fully saturated rings. The normalized spacial score (nSPS) is 11.3. The van der Waals surface area contributed by atoms with E-state index < -0.39 is 15.0 Å². The van der Waals surface area contributed by atoms with E-state index in [2.05, 4.69) is 15.0 Å². The number of benzene rings is 1. The van der Waals surface area contributed by atoms with Crippen LogP contribution in [0.25, 0.3) is 0 Å². The molecule has 0 aliphatic heterocycles. The standard InChI is InChI=1S/C11H9ClN2O4S/c1-7-6-8(2-3-10(7)19(12,16)17)13-11(15)9-4-5-18-14-9/h2-6H,1H3,(H,13,15). The molecule has 6 nitrogen and oxygen atoms in total. The second-order valence-electron chi connectivity index (χ2n) is 3.76. The fraction of sp³-hybridized carbons (Fsp3) is 0.0909. The predicted molar refractivity (Wildman–Crippen MR) is 68.7 cm³/mol. The van der Waals surface area contributed by atoms with Crippen molar-refractivity contribution in [3.8, 4) is 0 Å². The minimum Gasteiger partial charge on any atom is -0.364 e. The number of carbonyl (C=O) groups is 1. The van der Waals surface area contributed by atoms with Gasteiger partial charge in [0, 0.05) is 22.4 Å². The molecule has 2 rings (SSSR count). The maximum absolute atomic E-state index is 11.7. The summed E-state index contributed by atoms with van der Waals surface area (Å²) in [5, 5.41) is 6.05. The second-order valence-corrected chi connectivity index (χ2v) is 6.29. The van der Waals surface area contributed by atoms with Crippen LogP contribution in [-0.2, 0) is 9.05 Å². The van der Waals surface area contributed by atoms with Gasteiger partial charge in [-0.1, -0.05) is 5.16 Å². The van der Waals surface area contributed by atoms with Crippen molar-refractivity contribution in [2.24, 2.45) is 0 Å². The molecule has 0 bridgehead atoms. The summed E-state index contributed by atoms with van der Waals surface area (Å²) in [6, 6.07) is 5.70. The maximum Gasteiger partial charge on any atom is 0.277 e. The van der Waals surface area contributed by atoms with Gasteiger partial charge in [-0.2, -0.15) is 0 Å². The summed E-state index contributed by atoms with van der Waals surface area (Å²) < 4.78 is 27.0. The topological polar surface area (TPSA) is 89.3 Å². The van der Waals surface area contributed by atoms with Crippen LogP contribution in [0.2, 0.25) is 0 Å². The maximum atomic E-state index is 11.7. The minimum atomic E-state index is -3.79. The van der Waals surface area contributed by atoms with Crippen LogP contribution in [0, 0.1) is 6.92 Å². The van der Waals surface area contributed by atoms with Gasteiger partial charge in [0.1, 0.15) is 6.26 Å². The van der Waals surface area contributed by atoms with Gasteiger partial charge >= 0.3 is 0 Å². The number of anilines is 1. The van der Waals surface area contributed by atoms with E-state index in [9.17, 15) is 13.2 Å². The molecule has 0 aliphatic rings. The number of hydrogen-bond acceptors (Lipinski definition) is 5. The van der Waals surface area contributed by atoms with Gasteiger partial charge in [-0.15, -0.1) is 0 Å². The molecule has 8 heteroatoms. The third kappa shape index (κ3) is 3.12. The van der Waals surface area contributed by atoms with Gasteiger partial charge in [0.05, 0.1) is 4.90 Å². The molecule has 0 atom stereocenters. The molecule has 1 heterocycles. The molecule has 0 saturated heterocycles. The number of rotatable bonds is 3. The molecule has 1 aromatic carbocycles. The van der Waals surface area contributed by atoms with Crippen LogP contribution in [0.3, 0.4) is 0 Å². The summed E-state index contributed by atoms with van der Waals surface area (Å²) in [7, 11) is 1.48. The Morgan fingerprint density at radius 3 is 2.63 bits per heavy atom. The van der Waals surface area contributed by atoms with Crippen molar-refractivity contribution in [1.29, 1.82) is 0 Å². The van der Waals surface area contributed by atoms with Crippen LogP contribution in [0.15, 0.2) is 39.9 Å². The highest BCUT2D eigenvalue weighted by Gasteiger charge is 2.15. The summed E-state index contributed by atoms with van der Waals surface area (Å²) in [6.45, 7) is 1.58. The van der Waals surface area contributed by atoms with Crippen molar-refractivity contribution in [3.05, 3.63) is 41.8 Å². The van der Waals surface area contributed by atoms with Crippen LogP contribution in [0.5, 0.6) is 0 Å². The Morgan fingerprint density at radius 2 is 2.11 bits per heavy atom. The van der Waals surface area contributed by atoms with E-state index in [1.54, 1.807) is 6.92 Å². The zero-order valence-electron chi connectivity index (χ0n) is 9.75. The van der Waals surface area contributed by atoms with E-state index in [1.807, 2.05) is 0 Å². The molecule has 1 aromatic heterocycles. The highest BCUT2D eigenvalue weighted by atomic mass is 35.7.